The molecule has 0 aromatic carbocycles. The average molecular weight is 306 g/mol. The van der Waals surface area contributed by atoms with E-state index < -0.39 is 0 Å². The summed E-state index contributed by atoms with van der Waals surface area (Å²) < 4.78 is 12.1. The summed E-state index contributed by atoms with van der Waals surface area (Å²) in [6.07, 6.45) is 3.79. The van der Waals surface area contributed by atoms with Crippen molar-refractivity contribution < 1.29 is 9.31 Å². The number of anilines is 1. The van der Waals surface area contributed by atoms with Gasteiger partial charge in [-0.2, -0.15) is 12.6 Å². The van der Waals surface area contributed by atoms with Crippen molar-refractivity contribution in [1.82, 2.24) is 4.98 Å². The van der Waals surface area contributed by atoms with E-state index in [9.17, 15) is 0 Å². The Balaban J connectivity index is 2.31. The highest BCUT2D eigenvalue weighted by Gasteiger charge is 2.52. The summed E-state index contributed by atoms with van der Waals surface area (Å²) in [5.74, 6) is 1.08. The van der Waals surface area contributed by atoms with Gasteiger partial charge in [-0.25, -0.2) is 4.98 Å². The number of rotatable bonds is 3. The first-order valence-electron chi connectivity index (χ1n) is 7.05. The Morgan fingerprint density at radius 1 is 1.33 bits per heavy atom. The number of nitrogens with two attached hydrogens (primary N) is 1. The molecule has 4 nitrogen and oxygen atoms in total. The number of aryl methyl sites for hydroxylation is 1. The lowest BCUT2D eigenvalue weighted by molar-refractivity contribution is 0.00578. The molecular weight excluding hydrogens is 283 g/mol. The molecule has 1 aromatic rings. The lowest BCUT2D eigenvalue weighted by atomic mass is 9.78. The number of nitrogen functional groups attached to an aromatic ring is 1. The van der Waals surface area contributed by atoms with Crippen molar-refractivity contribution in [3.8, 4) is 0 Å². The van der Waals surface area contributed by atoms with E-state index in [1.165, 1.54) is 0 Å². The first-order chi connectivity index (χ1) is 9.66. The minimum absolute atomic E-state index is 0.353. The van der Waals surface area contributed by atoms with Crippen molar-refractivity contribution in [3.63, 3.8) is 0 Å². The standard InChI is InChI=1S/C15H23BN2O2S/c1-10-6-13(17)18-8-11(10)7-12(9-21)16-19-14(2,3)15(4,5)20-16/h6-8,21H,9H2,1-5H3,(H2,17,18). The Morgan fingerprint density at radius 3 is 2.38 bits per heavy atom. The molecule has 2 heterocycles. The van der Waals surface area contributed by atoms with Crippen molar-refractivity contribution in [2.24, 2.45) is 0 Å². The summed E-state index contributed by atoms with van der Waals surface area (Å²) in [5.41, 5.74) is 8.03. The van der Waals surface area contributed by atoms with Crippen molar-refractivity contribution in [2.75, 3.05) is 11.5 Å². The van der Waals surface area contributed by atoms with Gasteiger partial charge in [-0.15, -0.1) is 0 Å². The summed E-state index contributed by atoms with van der Waals surface area (Å²) in [6, 6.07) is 1.85. The molecule has 0 unspecified atom stereocenters. The van der Waals surface area contributed by atoms with Crippen LogP contribution in [0.2, 0.25) is 0 Å². The van der Waals surface area contributed by atoms with Crippen LogP contribution < -0.4 is 5.73 Å². The average Bonchev–Trinajstić information content (AvgIpc) is 2.57. The van der Waals surface area contributed by atoms with Crippen LogP contribution in [-0.4, -0.2) is 29.1 Å². The fraction of sp³-hybridized carbons (Fsp3) is 0.533. The van der Waals surface area contributed by atoms with E-state index in [1.807, 2.05) is 46.8 Å². The Hall–Kier alpha value is -0.975. The van der Waals surface area contributed by atoms with Crippen LogP contribution in [-0.2, 0) is 9.31 Å². The second-order valence-corrected chi connectivity index (χ2v) is 6.75. The van der Waals surface area contributed by atoms with E-state index in [0.717, 1.165) is 16.6 Å². The maximum atomic E-state index is 6.07. The second kappa shape index (κ2) is 5.67. The van der Waals surface area contributed by atoms with Crippen LogP contribution in [0.3, 0.4) is 0 Å². The minimum Gasteiger partial charge on any atom is -0.400 e. The molecule has 0 saturated carbocycles. The van der Waals surface area contributed by atoms with E-state index in [4.69, 9.17) is 15.0 Å². The molecule has 0 radical (unpaired) electrons. The van der Waals surface area contributed by atoms with Gasteiger partial charge in [0, 0.05) is 11.9 Å². The van der Waals surface area contributed by atoms with Gasteiger partial charge >= 0.3 is 7.12 Å². The first-order valence-corrected chi connectivity index (χ1v) is 7.68. The van der Waals surface area contributed by atoms with E-state index in [0.29, 0.717) is 11.6 Å². The number of pyridine rings is 1. The van der Waals surface area contributed by atoms with Crippen LogP contribution in [0.5, 0.6) is 0 Å². The van der Waals surface area contributed by atoms with Crippen LogP contribution in [0.4, 0.5) is 5.82 Å². The number of hydrogen-bond acceptors (Lipinski definition) is 5. The van der Waals surface area contributed by atoms with E-state index in [1.54, 1.807) is 6.20 Å². The van der Waals surface area contributed by atoms with Crippen molar-refractivity contribution in [3.05, 3.63) is 28.9 Å². The van der Waals surface area contributed by atoms with Crippen LogP contribution in [0, 0.1) is 6.92 Å². The van der Waals surface area contributed by atoms with Crippen molar-refractivity contribution >= 4 is 31.6 Å². The fourth-order valence-corrected chi connectivity index (χ4v) is 2.36. The predicted molar refractivity (Wildman–Crippen MR) is 91.3 cm³/mol. The molecule has 1 aromatic heterocycles. The van der Waals surface area contributed by atoms with Crippen LogP contribution in [0.1, 0.15) is 38.8 Å². The van der Waals surface area contributed by atoms with Gasteiger partial charge in [0.2, 0.25) is 0 Å². The molecule has 0 bridgehead atoms. The molecule has 21 heavy (non-hydrogen) atoms. The number of nitrogens with zero attached hydrogens (tertiary/aromatic N) is 1. The third kappa shape index (κ3) is 3.28. The normalized spacial score (nSPS) is 20.9. The van der Waals surface area contributed by atoms with Crippen LogP contribution >= 0.6 is 12.6 Å². The Morgan fingerprint density at radius 2 is 1.90 bits per heavy atom. The zero-order valence-corrected chi connectivity index (χ0v) is 14.2. The second-order valence-electron chi connectivity index (χ2n) is 6.43. The van der Waals surface area contributed by atoms with Gasteiger partial charge < -0.3 is 15.0 Å². The molecule has 2 rings (SSSR count). The highest BCUT2D eigenvalue weighted by atomic mass is 32.1. The molecule has 2 N–H and O–H groups in total. The zero-order valence-electron chi connectivity index (χ0n) is 13.3. The molecule has 0 aliphatic carbocycles. The molecule has 1 fully saturated rings. The number of aromatic nitrogens is 1. The molecule has 1 aliphatic heterocycles. The van der Waals surface area contributed by atoms with Gasteiger partial charge in [-0.1, -0.05) is 6.08 Å². The Kier molecular flexibility index (Phi) is 4.43. The van der Waals surface area contributed by atoms with E-state index in [2.05, 4.69) is 17.6 Å². The maximum absolute atomic E-state index is 6.07. The topological polar surface area (TPSA) is 57.4 Å². The first kappa shape index (κ1) is 16.4. The summed E-state index contributed by atoms with van der Waals surface area (Å²) in [6.45, 7) is 10.2. The lowest BCUT2D eigenvalue weighted by Gasteiger charge is -2.32. The highest BCUT2D eigenvalue weighted by Crippen LogP contribution is 2.39. The van der Waals surface area contributed by atoms with Gasteiger partial charge in [0.15, 0.2) is 0 Å². The zero-order chi connectivity index (χ0) is 15.8. The van der Waals surface area contributed by atoms with Gasteiger partial charge in [-0.05, 0) is 57.3 Å². The molecule has 0 atom stereocenters. The molecule has 0 amide bonds. The summed E-state index contributed by atoms with van der Waals surface area (Å²) >= 11 is 4.42. The minimum atomic E-state index is -0.385. The smallest absolute Gasteiger partial charge is 0.400 e. The van der Waals surface area contributed by atoms with Crippen molar-refractivity contribution in [2.45, 2.75) is 45.8 Å². The molecule has 0 spiro atoms. The molecule has 114 valence electrons. The van der Waals surface area contributed by atoms with E-state index >= 15 is 0 Å². The van der Waals surface area contributed by atoms with Gasteiger partial charge in [0.05, 0.1) is 11.2 Å². The monoisotopic (exact) mass is 306 g/mol. The molecular formula is C15H23BN2O2S. The van der Waals surface area contributed by atoms with Gasteiger partial charge in [0.25, 0.3) is 0 Å². The fourth-order valence-electron chi connectivity index (χ4n) is 2.12. The van der Waals surface area contributed by atoms with Crippen molar-refractivity contribution in [1.29, 1.82) is 0 Å². The number of hydrogen-bond donors (Lipinski definition) is 2. The Labute approximate surface area is 132 Å². The third-order valence-electron chi connectivity index (χ3n) is 4.25. The summed E-state index contributed by atoms with van der Waals surface area (Å²) in [5, 5.41) is 0. The molecule has 1 saturated heterocycles. The largest absolute Gasteiger partial charge is 0.491 e. The lowest BCUT2D eigenvalue weighted by Crippen LogP contribution is -2.41. The van der Waals surface area contributed by atoms with E-state index in [-0.39, 0.29) is 18.3 Å². The summed E-state index contributed by atoms with van der Waals surface area (Å²) in [4.78, 5) is 4.14. The molecule has 6 heteroatoms. The van der Waals surface area contributed by atoms with Crippen LogP contribution in [0.15, 0.2) is 17.7 Å². The molecule has 1 aliphatic rings. The maximum Gasteiger partial charge on any atom is 0.491 e. The SMILES string of the molecule is Cc1cc(N)ncc1C=C(CS)B1OC(C)(C)C(C)(C)O1. The number of thiol groups is 1. The van der Waals surface area contributed by atoms with Gasteiger partial charge in [0.1, 0.15) is 5.82 Å². The summed E-state index contributed by atoms with van der Waals surface area (Å²) in [7, 11) is -0.385. The quantitative estimate of drug-likeness (QED) is 0.666. The van der Waals surface area contributed by atoms with Crippen LogP contribution in [0.25, 0.3) is 6.08 Å². The third-order valence-corrected chi connectivity index (χ3v) is 4.62. The highest BCUT2D eigenvalue weighted by molar-refractivity contribution is 7.80. The van der Waals surface area contributed by atoms with Gasteiger partial charge in [-0.3, -0.25) is 0 Å². The predicted octanol–water partition coefficient (Wildman–Crippen LogP) is 2.92. The Bertz CT molecular complexity index is 557.